The van der Waals surface area contributed by atoms with Crippen molar-refractivity contribution in [1.82, 2.24) is 25.3 Å². The Hall–Kier alpha value is -3.82. The molecule has 1 aliphatic heterocycles. The van der Waals surface area contributed by atoms with Crippen molar-refractivity contribution in [3.63, 3.8) is 0 Å². The van der Waals surface area contributed by atoms with Gasteiger partial charge in [-0.2, -0.15) is 0 Å². The fourth-order valence-corrected chi connectivity index (χ4v) is 5.19. The van der Waals surface area contributed by atoms with Crippen LogP contribution in [0.2, 0.25) is 0 Å². The summed E-state index contributed by atoms with van der Waals surface area (Å²) in [5.41, 5.74) is 3.85. The van der Waals surface area contributed by atoms with Crippen molar-refractivity contribution in [2.24, 2.45) is 5.92 Å². The Morgan fingerprint density at radius 2 is 1.97 bits per heavy atom. The van der Waals surface area contributed by atoms with Gasteiger partial charge in [-0.05, 0) is 73.8 Å². The number of methoxy groups -OCH3 is 1. The van der Waals surface area contributed by atoms with Crippen molar-refractivity contribution in [1.29, 1.82) is 0 Å². The Bertz CT molecular complexity index is 1510. The third-order valence-corrected chi connectivity index (χ3v) is 7.40. The molecule has 1 aliphatic rings. The highest BCUT2D eigenvalue weighted by Gasteiger charge is 2.21. The van der Waals surface area contributed by atoms with Crippen LogP contribution in [0.4, 0.5) is 5.95 Å². The lowest BCUT2D eigenvalue weighted by Gasteiger charge is -2.32. The first kappa shape index (κ1) is 24.9. The van der Waals surface area contributed by atoms with E-state index in [1.165, 1.54) is 0 Å². The van der Waals surface area contributed by atoms with E-state index in [0.717, 1.165) is 89.2 Å². The highest BCUT2D eigenvalue weighted by atomic mass is 32.1. The van der Waals surface area contributed by atoms with Crippen LogP contribution in [0.3, 0.4) is 0 Å². The largest absolute Gasteiger partial charge is 0.497 e. The number of rotatable bonds is 8. The van der Waals surface area contributed by atoms with E-state index in [2.05, 4.69) is 38.9 Å². The molecule has 0 unspecified atom stereocenters. The van der Waals surface area contributed by atoms with Crippen molar-refractivity contribution < 1.29 is 4.74 Å². The summed E-state index contributed by atoms with van der Waals surface area (Å²) < 4.78 is 6.04. The molecule has 9 heteroatoms. The first-order valence-corrected chi connectivity index (χ1v) is 13.2. The van der Waals surface area contributed by atoms with Crippen LogP contribution in [0, 0.1) is 5.92 Å². The Morgan fingerprint density at radius 1 is 1.16 bits per heavy atom. The first-order chi connectivity index (χ1) is 18.1. The number of piperidine rings is 1. The number of aromatic nitrogens is 4. The summed E-state index contributed by atoms with van der Waals surface area (Å²) in [6, 6.07) is 16.0. The Labute approximate surface area is 219 Å². The van der Waals surface area contributed by atoms with Crippen molar-refractivity contribution in [3.05, 3.63) is 85.7 Å². The summed E-state index contributed by atoms with van der Waals surface area (Å²) in [5, 5.41) is 4.21. The second-order valence-corrected chi connectivity index (χ2v) is 10.1. The van der Waals surface area contributed by atoms with Gasteiger partial charge in [-0.25, -0.2) is 9.97 Å². The molecule has 3 aromatic heterocycles. The molecule has 1 aromatic carbocycles. The van der Waals surface area contributed by atoms with Crippen LogP contribution in [-0.4, -0.2) is 46.7 Å². The van der Waals surface area contributed by atoms with Crippen molar-refractivity contribution in [2.75, 3.05) is 31.6 Å². The number of nitrogens with zero attached hydrogens (tertiary/aromatic N) is 4. The lowest BCUT2D eigenvalue weighted by atomic mass is 9.97. The third kappa shape index (κ3) is 6.31. The highest BCUT2D eigenvalue weighted by molar-refractivity contribution is 7.07. The normalized spacial score (nSPS) is 14.7. The first-order valence-electron chi connectivity index (χ1n) is 12.4. The number of H-pyrrole nitrogens is 1. The molecule has 1 saturated heterocycles. The summed E-state index contributed by atoms with van der Waals surface area (Å²) >= 11 is 1.14. The predicted molar refractivity (Wildman–Crippen MR) is 148 cm³/mol. The van der Waals surface area contributed by atoms with E-state index in [9.17, 15) is 4.79 Å². The molecule has 0 spiro atoms. The van der Waals surface area contributed by atoms with Gasteiger partial charge < -0.3 is 19.9 Å². The van der Waals surface area contributed by atoms with Gasteiger partial charge in [0.25, 0.3) is 0 Å². The van der Waals surface area contributed by atoms with Crippen molar-refractivity contribution in [2.45, 2.75) is 19.4 Å². The monoisotopic (exact) mass is 514 g/mol. The topological polar surface area (TPSA) is 96.0 Å². The quantitative estimate of drug-likeness (QED) is 0.373. The molecule has 0 saturated carbocycles. The second-order valence-electron chi connectivity index (χ2n) is 9.09. The summed E-state index contributed by atoms with van der Waals surface area (Å²) in [6.45, 7) is 7.41. The average molecular weight is 515 g/mol. The van der Waals surface area contributed by atoms with Gasteiger partial charge in [-0.3, -0.25) is 9.78 Å². The minimum Gasteiger partial charge on any atom is -0.497 e. The number of aromatic amines is 1. The molecule has 0 atom stereocenters. The van der Waals surface area contributed by atoms with Gasteiger partial charge in [0, 0.05) is 31.4 Å². The molecule has 8 nitrogen and oxygen atoms in total. The molecule has 0 radical (unpaired) electrons. The van der Waals surface area contributed by atoms with Gasteiger partial charge in [0.15, 0.2) is 0 Å². The summed E-state index contributed by atoms with van der Waals surface area (Å²) in [5.74, 6) is 2.17. The molecule has 4 heterocycles. The minimum atomic E-state index is -0.109. The lowest BCUT2D eigenvalue weighted by Crippen LogP contribution is -2.38. The van der Waals surface area contributed by atoms with E-state index in [4.69, 9.17) is 14.7 Å². The van der Waals surface area contributed by atoms with Gasteiger partial charge in [0.1, 0.15) is 5.75 Å². The van der Waals surface area contributed by atoms with E-state index < -0.39 is 0 Å². The molecule has 5 rings (SSSR count). The van der Waals surface area contributed by atoms with Crippen molar-refractivity contribution >= 4 is 29.9 Å². The molecule has 2 N–H and O–H groups in total. The number of ether oxygens (including phenoxy) is 1. The van der Waals surface area contributed by atoms with Gasteiger partial charge in [-0.1, -0.05) is 24.0 Å². The number of hydrogen-bond donors (Lipinski definition) is 2. The Balaban J connectivity index is 1.13. The lowest BCUT2D eigenvalue weighted by molar-refractivity contribution is 0.379. The van der Waals surface area contributed by atoms with Gasteiger partial charge in [0.05, 0.1) is 34.1 Å². The molecule has 1 fully saturated rings. The summed E-state index contributed by atoms with van der Waals surface area (Å²) in [7, 11) is 1.67. The molecular weight excluding hydrogens is 484 g/mol. The maximum absolute atomic E-state index is 11.5. The van der Waals surface area contributed by atoms with Crippen LogP contribution < -0.4 is 29.7 Å². The molecule has 0 amide bonds. The minimum absolute atomic E-state index is 0.109. The number of thiazole rings is 1. The Kier molecular flexibility index (Phi) is 7.72. The van der Waals surface area contributed by atoms with Crippen LogP contribution in [0.5, 0.6) is 5.75 Å². The Morgan fingerprint density at radius 3 is 2.70 bits per heavy atom. The number of anilines is 1. The smallest absolute Gasteiger partial charge is 0.305 e. The number of benzene rings is 1. The maximum atomic E-state index is 11.5. The van der Waals surface area contributed by atoms with Gasteiger partial charge in [-0.15, -0.1) is 0 Å². The standard InChI is InChI=1S/C28H30N6O2S/c1-19-26(37-28(35)31-19)16-22-10-13-30-27(33-22)34-14-11-20(12-15-34)17-29-18-23-4-3-5-25(32-23)21-6-8-24(36-2)9-7-21/h3-10,13,16,20,29H,1,11-12,14-15,17-18H2,2H3,(H,31,35). The van der Waals surface area contributed by atoms with Crippen LogP contribution in [0.25, 0.3) is 23.9 Å². The van der Waals surface area contributed by atoms with Crippen LogP contribution in [0.1, 0.15) is 24.2 Å². The zero-order valence-electron chi connectivity index (χ0n) is 20.8. The SMILES string of the molecule is C=c1[nH]c(=O)sc1=Cc1ccnc(N2CCC(CNCc3cccc(-c4ccc(OC)cc4)n3)CC2)n1. The second kappa shape index (κ2) is 11.5. The van der Waals surface area contributed by atoms with E-state index in [1.807, 2.05) is 42.5 Å². The number of hydrogen-bond acceptors (Lipinski definition) is 8. The van der Waals surface area contributed by atoms with Gasteiger partial charge in [0.2, 0.25) is 5.95 Å². The summed E-state index contributed by atoms with van der Waals surface area (Å²) in [6.07, 6.45) is 5.80. The van der Waals surface area contributed by atoms with E-state index in [1.54, 1.807) is 13.3 Å². The molecule has 4 aromatic rings. The zero-order chi connectivity index (χ0) is 25.6. The fraction of sp³-hybridized carbons (Fsp3) is 0.286. The van der Waals surface area contributed by atoms with Crippen LogP contribution in [0.15, 0.2) is 59.5 Å². The molecule has 0 aliphatic carbocycles. The van der Waals surface area contributed by atoms with E-state index >= 15 is 0 Å². The van der Waals surface area contributed by atoms with Crippen LogP contribution >= 0.6 is 11.3 Å². The zero-order valence-corrected chi connectivity index (χ0v) is 21.6. The van der Waals surface area contributed by atoms with E-state index in [0.29, 0.717) is 11.3 Å². The molecule has 0 bridgehead atoms. The molecule has 37 heavy (non-hydrogen) atoms. The average Bonchev–Trinajstić information content (AvgIpc) is 3.25. The fourth-order valence-electron chi connectivity index (χ4n) is 4.46. The van der Waals surface area contributed by atoms with Crippen LogP contribution in [-0.2, 0) is 6.54 Å². The predicted octanol–water partition coefficient (Wildman–Crippen LogP) is 2.54. The molecule has 190 valence electrons. The summed E-state index contributed by atoms with van der Waals surface area (Å²) in [4.78, 5) is 30.4. The van der Waals surface area contributed by atoms with Crippen molar-refractivity contribution in [3.8, 4) is 17.0 Å². The number of pyridine rings is 1. The van der Waals surface area contributed by atoms with E-state index in [-0.39, 0.29) is 4.87 Å². The maximum Gasteiger partial charge on any atom is 0.305 e. The van der Waals surface area contributed by atoms with Gasteiger partial charge >= 0.3 is 4.87 Å². The number of nitrogens with one attached hydrogen (secondary N) is 2. The molecular formula is C28H30N6O2S. The highest BCUT2D eigenvalue weighted by Crippen LogP contribution is 2.22. The third-order valence-electron chi connectivity index (χ3n) is 6.53.